The molecule has 0 radical (unpaired) electrons. The number of aromatic nitrogens is 2. The zero-order valence-corrected chi connectivity index (χ0v) is 20.1. The van der Waals surface area contributed by atoms with Gasteiger partial charge in [-0.05, 0) is 17.7 Å². The molecule has 0 aliphatic carbocycles. The summed E-state index contributed by atoms with van der Waals surface area (Å²) in [6.07, 6.45) is -2.72. The van der Waals surface area contributed by atoms with Crippen molar-refractivity contribution >= 4 is 57.7 Å². The number of carbonyl (C=O) groups excluding carboxylic acids is 2. The fraction of sp³-hybridized carbons (Fsp3) is 0.318. The number of hydrogen-bond donors (Lipinski definition) is 4. The Kier molecular flexibility index (Phi) is 7.52. The molecule has 8 nitrogen and oxygen atoms in total. The third-order valence-electron chi connectivity index (χ3n) is 4.75. The van der Waals surface area contributed by atoms with Crippen LogP contribution in [0.3, 0.4) is 0 Å². The molecule has 0 bridgehead atoms. The number of aromatic amines is 1. The van der Waals surface area contributed by atoms with Crippen LogP contribution in [-0.4, -0.2) is 34.8 Å². The van der Waals surface area contributed by atoms with Gasteiger partial charge in [0.1, 0.15) is 12.4 Å². The number of nitrogens with zero attached hydrogens (tertiary/aromatic N) is 1. The van der Waals surface area contributed by atoms with E-state index in [1.54, 1.807) is 32.9 Å². The SMILES string of the molecule is CC(C)(C)C(=O)NCc1ccc(Cl)c(Nc2nc3cc(C(N)=O)c(OCC(F)F)cc3[nH]2)c1Cl. The summed E-state index contributed by atoms with van der Waals surface area (Å²) in [5, 5.41) is 6.39. The van der Waals surface area contributed by atoms with Crippen LogP contribution in [0.5, 0.6) is 5.75 Å². The van der Waals surface area contributed by atoms with Gasteiger partial charge < -0.3 is 26.1 Å². The lowest BCUT2D eigenvalue weighted by Crippen LogP contribution is -2.34. The lowest BCUT2D eigenvalue weighted by Gasteiger charge is -2.19. The summed E-state index contributed by atoms with van der Waals surface area (Å²) in [5.41, 5.74) is 6.41. The molecule has 34 heavy (non-hydrogen) atoms. The number of carbonyl (C=O) groups is 2. The van der Waals surface area contributed by atoms with Crippen molar-refractivity contribution in [3.63, 3.8) is 0 Å². The molecule has 3 aromatic rings. The van der Waals surface area contributed by atoms with E-state index in [1.165, 1.54) is 12.1 Å². The highest BCUT2D eigenvalue weighted by atomic mass is 35.5. The number of amides is 2. The molecule has 0 fully saturated rings. The van der Waals surface area contributed by atoms with Gasteiger partial charge in [-0.3, -0.25) is 9.59 Å². The van der Waals surface area contributed by atoms with Crippen molar-refractivity contribution in [3.05, 3.63) is 45.4 Å². The summed E-state index contributed by atoms with van der Waals surface area (Å²) < 4.78 is 30.1. The van der Waals surface area contributed by atoms with Crippen LogP contribution in [0.1, 0.15) is 36.7 Å². The first kappa shape index (κ1) is 25.5. The lowest BCUT2D eigenvalue weighted by molar-refractivity contribution is -0.128. The highest BCUT2D eigenvalue weighted by Crippen LogP contribution is 2.36. The number of anilines is 2. The third-order valence-corrected chi connectivity index (χ3v) is 5.50. The molecule has 5 N–H and O–H groups in total. The Morgan fingerprint density at radius 3 is 2.56 bits per heavy atom. The van der Waals surface area contributed by atoms with E-state index in [9.17, 15) is 18.4 Å². The predicted molar refractivity (Wildman–Crippen MR) is 127 cm³/mol. The van der Waals surface area contributed by atoms with Crippen LogP contribution < -0.4 is 21.1 Å². The first-order chi connectivity index (χ1) is 15.9. The van der Waals surface area contributed by atoms with Crippen LogP contribution >= 0.6 is 23.2 Å². The number of halogens is 4. The Balaban J connectivity index is 1.90. The maximum Gasteiger partial charge on any atom is 0.272 e. The number of nitrogens with one attached hydrogen (secondary N) is 3. The minimum Gasteiger partial charge on any atom is -0.487 e. The van der Waals surface area contributed by atoms with E-state index < -0.39 is 24.4 Å². The molecule has 182 valence electrons. The van der Waals surface area contributed by atoms with Gasteiger partial charge in [0.05, 0.1) is 32.3 Å². The fourth-order valence-corrected chi connectivity index (χ4v) is 3.50. The molecule has 0 spiro atoms. The number of rotatable bonds is 8. The summed E-state index contributed by atoms with van der Waals surface area (Å²) in [5.74, 6) is -0.862. The normalized spacial score (nSPS) is 11.6. The molecule has 0 saturated heterocycles. The predicted octanol–water partition coefficient (Wildman–Crippen LogP) is 5.02. The van der Waals surface area contributed by atoms with Crippen molar-refractivity contribution in [3.8, 4) is 5.75 Å². The molecule has 0 saturated carbocycles. The van der Waals surface area contributed by atoms with Crippen molar-refractivity contribution in [1.29, 1.82) is 0 Å². The molecule has 2 aromatic carbocycles. The molecule has 0 aliphatic rings. The second-order valence-corrected chi connectivity index (χ2v) is 9.26. The fourth-order valence-electron chi connectivity index (χ4n) is 2.97. The maximum absolute atomic E-state index is 12.6. The first-order valence-electron chi connectivity index (χ1n) is 10.1. The number of primary amides is 1. The zero-order valence-electron chi connectivity index (χ0n) is 18.6. The number of hydrogen-bond acceptors (Lipinski definition) is 5. The summed E-state index contributed by atoms with van der Waals surface area (Å²) >= 11 is 12.9. The van der Waals surface area contributed by atoms with E-state index in [0.717, 1.165) is 0 Å². The van der Waals surface area contributed by atoms with E-state index in [1.807, 2.05) is 0 Å². The average Bonchev–Trinajstić information content (AvgIpc) is 3.14. The van der Waals surface area contributed by atoms with Gasteiger partial charge in [0.2, 0.25) is 11.9 Å². The minimum atomic E-state index is -2.72. The van der Waals surface area contributed by atoms with Crippen LogP contribution in [-0.2, 0) is 11.3 Å². The van der Waals surface area contributed by atoms with Crippen LogP contribution in [0.4, 0.5) is 20.4 Å². The van der Waals surface area contributed by atoms with Crippen LogP contribution in [0.2, 0.25) is 10.0 Å². The van der Waals surface area contributed by atoms with Crippen molar-refractivity contribution in [2.45, 2.75) is 33.7 Å². The van der Waals surface area contributed by atoms with Crippen molar-refractivity contribution in [2.75, 3.05) is 11.9 Å². The summed E-state index contributed by atoms with van der Waals surface area (Å²) in [6, 6.07) is 6.02. The van der Waals surface area contributed by atoms with Gasteiger partial charge in [-0.1, -0.05) is 50.0 Å². The van der Waals surface area contributed by atoms with Gasteiger partial charge in [-0.15, -0.1) is 0 Å². The molecular weight excluding hydrogens is 491 g/mol. The summed E-state index contributed by atoms with van der Waals surface area (Å²) in [4.78, 5) is 31.2. The van der Waals surface area contributed by atoms with Crippen molar-refractivity contribution in [2.24, 2.45) is 11.1 Å². The number of ether oxygens (including phenoxy) is 1. The van der Waals surface area contributed by atoms with E-state index in [4.69, 9.17) is 33.7 Å². The monoisotopic (exact) mass is 513 g/mol. The summed E-state index contributed by atoms with van der Waals surface area (Å²) in [6.45, 7) is 4.69. The Hall–Kier alpha value is -3.11. The number of nitrogens with two attached hydrogens (primary N) is 1. The van der Waals surface area contributed by atoms with Gasteiger partial charge in [0, 0.05) is 18.0 Å². The van der Waals surface area contributed by atoms with E-state index >= 15 is 0 Å². The van der Waals surface area contributed by atoms with Crippen molar-refractivity contribution in [1.82, 2.24) is 15.3 Å². The van der Waals surface area contributed by atoms with Crippen LogP contribution in [0.25, 0.3) is 11.0 Å². The van der Waals surface area contributed by atoms with Crippen LogP contribution in [0, 0.1) is 5.41 Å². The molecule has 2 amide bonds. The largest absolute Gasteiger partial charge is 0.487 e. The number of fused-ring (bicyclic) bond motifs is 1. The standard InChI is InChI=1S/C22H23Cl2F2N5O3/c1-22(2,3)20(33)28-8-10-4-5-12(23)18(17(10)24)31-21-29-13-6-11(19(27)32)15(7-14(13)30-21)34-9-16(25)26/h4-7,16H,8-9H2,1-3H3,(H2,27,32)(H,28,33)(H2,29,30,31). The van der Waals surface area contributed by atoms with Gasteiger partial charge in [-0.2, -0.15) is 0 Å². The Bertz CT molecular complexity index is 1240. The molecule has 12 heteroatoms. The minimum absolute atomic E-state index is 0.0844. The summed E-state index contributed by atoms with van der Waals surface area (Å²) in [7, 11) is 0. The molecule has 0 aliphatic heterocycles. The molecule has 1 aromatic heterocycles. The quantitative estimate of drug-likeness (QED) is 0.336. The Morgan fingerprint density at radius 2 is 1.94 bits per heavy atom. The van der Waals surface area contributed by atoms with E-state index in [2.05, 4.69) is 20.6 Å². The second-order valence-electron chi connectivity index (χ2n) is 8.47. The topological polar surface area (TPSA) is 122 Å². The van der Waals surface area contributed by atoms with Gasteiger partial charge in [-0.25, -0.2) is 13.8 Å². The molecule has 1 heterocycles. The highest BCUT2D eigenvalue weighted by molar-refractivity contribution is 6.39. The van der Waals surface area contributed by atoms with Crippen molar-refractivity contribution < 1.29 is 23.1 Å². The van der Waals surface area contributed by atoms with Gasteiger partial charge in [0.15, 0.2) is 0 Å². The maximum atomic E-state index is 12.6. The van der Waals surface area contributed by atoms with Gasteiger partial charge in [0.25, 0.3) is 12.3 Å². The lowest BCUT2D eigenvalue weighted by atomic mass is 9.95. The molecule has 0 unspecified atom stereocenters. The van der Waals surface area contributed by atoms with Crippen LogP contribution in [0.15, 0.2) is 24.3 Å². The first-order valence-corrected chi connectivity index (χ1v) is 10.9. The van der Waals surface area contributed by atoms with E-state index in [0.29, 0.717) is 27.3 Å². The Morgan fingerprint density at radius 1 is 1.24 bits per heavy atom. The number of benzene rings is 2. The third kappa shape index (κ3) is 5.87. The molecular formula is C22H23Cl2F2N5O3. The number of H-pyrrole nitrogens is 1. The number of imidazole rings is 1. The van der Waals surface area contributed by atoms with E-state index in [-0.39, 0.29) is 34.7 Å². The van der Waals surface area contributed by atoms with Gasteiger partial charge >= 0.3 is 0 Å². The average molecular weight is 514 g/mol. The number of alkyl halides is 2. The molecule has 3 rings (SSSR count). The smallest absolute Gasteiger partial charge is 0.272 e. The Labute approximate surface area is 204 Å². The second kappa shape index (κ2) is 10.0. The highest BCUT2D eigenvalue weighted by Gasteiger charge is 2.22. The molecule has 0 atom stereocenters. The zero-order chi connectivity index (χ0) is 25.2.